The molecular formula is C18H26N2O3. The Labute approximate surface area is 138 Å². The number of nitrogens with zero attached hydrogens (tertiary/aromatic N) is 1. The fraction of sp³-hybridized carbons (Fsp3) is 0.556. The standard InChI is InChI=1S/C18H26N2O3/c1-3-19-17(22)20-12-8-11-18(14-20,16(21)23-4-2)13-15-9-6-5-7-10-15/h5-7,9-10H,3-4,8,11-14H2,1-2H3,(H,19,22)/t18-/m1/s1. The Morgan fingerprint density at radius 1 is 1.26 bits per heavy atom. The molecule has 0 spiro atoms. The maximum absolute atomic E-state index is 12.7. The lowest BCUT2D eigenvalue weighted by Crippen LogP contribution is -2.54. The number of nitrogens with one attached hydrogen (secondary N) is 1. The van der Waals surface area contributed by atoms with Gasteiger partial charge in [0.25, 0.3) is 0 Å². The second kappa shape index (κ2) is 7.99. The van der Waals surface area contributed by atoms with E-state index in [-0.39, 0.29) is 12.0 Å². The van der Waals surface area contributed by atoms with Crippen LogP contribution in [-0.4, -0.2) is 43.1 Å². The molecule has 1 N–H and O–H groups in total. The van der Waals surface area contributed by atoms with Crippen LogP contribution in [0.4, 0.5) is 4.79 Å². The first-order valence-corrected chi connectivity index (χ1v) is 8.35. The lowest BCUT2D eigenvalue weighted by molar-refractivity contribution is -0.158. The van der Waals surface area contributed by atoms with Gasteiger partial charge in [0.05, 0.1) is 12.0 Å². The Balaban J connectivity index is 2.22. The summed E-state index contributed by atoms with van der Waals surface area (Å²) in [6.45, 7) is 5.74. The van der Waals surface area contributed by atoms with Crippen molar-refractivity contribution in [2.75, 3.05) is 26.2 Å². The highest BCUT2D eigenvalue weighted by atomic mass is 16.5. The summed E-state index contributed by atoms with van der Waals surface area (Å²) in [5.74, 6) is -0.196. The predicted molar refractivity (Wildman–Crippen MR) is 89.1 cm³/mol. The summed E-state index contributed by atoms with van der Waals surface area (Å²) in [6, 6.07) is 9.84. The number of carbonyl (C=O) groups excluding carboxylic acids is 2. The van der Waals surface area contributed by atoms with Crippen molar-refractivity contribution in [2.24, 2.45) is 5.41 Å². The van der Waals surface area contributed by atoms with Crippen LogP contribution in [0.25, 0.3) is 0 Å². The van der Waals surface area contributed by atoms with Gasteiger partial charge in [-0.05, 0) is 38.7 Å². The van der Waals surface area contributed by atoms with Crippen LogP contribution in [-0.2, 0) is 16.0 Å². The van der Waals surface area contributed by atoms with Crippen LogP contribution >= 0.6 is 0 Å². The molecule has 1 aliphatic heterocycles. The molecule has 0 saturated carbocycles. The van der Waals surface area contributed by atoms with Gasteiger partial charge in [0, 0.05) is 19.6 Å². The molecule has 5 nitrogen and oxygen atoms in total. The predicted octanol–water partition coefficient (Wildman–Crippen LogP) is 2.60. The fourth-order valence-corrected chi connectivity index (χ4v) is 3.22. The molecule has 0 radical (unpaired) electrons. The minimum Gasteiger partial charge on any atom is -0.466 e. The molecule has 1 aromatic carbocycles. The Kier molecular flexibility index (Phi) is 6.02. The van der Waals surface area contributed by atoms with Gasteiger partial charge in [-0.2, -0.15) is 0 Å². The normalized spacial score (nSPS) is 20.9. The van der Waals surface area contributed by atoms with Gasteiger partial charge in [-0.25, -0.2) is 4.79 Å². The van der Waals surface area contributed by atoms with Crippen LogP contribution in [0.3, 0.4) is 0 Å². The van der Waals surface area contributed by atoms with E-state index >= 15 is 0 Å². The minimum absolute atomic E-state index is 0.103. The first-order chi connectivity index (χ1) is 11.1. The number of esters is 1. The SMILES string of the molecule is CCNC(=O)N1CCC[C@](Cc2ccccc2)(C(=O)OCC)C1. The summed E-state index contributed by atoms with van der Waals surface area (Å²) in [5, 5.41) is 2.82. The van der Waals surface area contributed by atoms with Crippen LogP contribution in [0.15, 0.2) is 30.3 Å². The quantitative estimate of drug-likeness (QED) is 0.849. The summed E-state index contributed by atoms with van der Waals surface area (Å²) in [5.41, 5.74) is 0.444. The van der Waals surface area contributed by atoms with Gasteiger partial charge in [0.2, 0.25) is 0 Å². The molecule has 0 aromatic heterocycles. The molecule has 2 rings (SSSR count). The first-order valence-electron chi connectivity index (χ1n) is 8.35. The molecule has 0 unspecified atom stereocenters. The maximum Gasteiger partial charge on any atom is 0.317 e. The summed E-state index contributed by atoms with van der Waals surface area (Å²) >= 11 is 0. The van der Waals surface area contributed by atoms with Crippen molar-refractivity contribution >= 4 is 12.0 Å². The number of rotatable bonds is 5. The van der Waals surface area contributed by atoms with E-state index in [0.717, 1.165) is 18.4 Å². The Morgan fingerprint density at radius 2 is 2.00 bits per heavy atom. The lowest BCUT2D eigenvalue weighted by Gasteiger charge is -2.41. The highest BCUT2D eigenvalue weighted by Gasteiger charge is 2.44. The van der Waals surface area contributed by atoms with Crippen LogP contribution in [0, 0.1) is 5.41 Å². The van der Waals surface area contributed by atoms with Gasteiger partial charge in [0.15, 0.2) is 0 Å². The molecule has 1 aliphatic rings. The van der Waals surface area contributed by atoms with Crippen molar-refractivity contribution in [1.29, 1.82) is 0 Å². The third-order valence-electron chi connectivity index (χ3n) is 4.29. The van der Waals surface area contributed by atoms with E-state index < -0.39 is 5.41 Å². The number of hydrogen-bond acceptors (Lipinski definition) is 3. The zero-order valence-electron chi connectivity index (χ0n) is 14.0. The van der Waals surface area contributed by atoms with Gasteiger partial charge < -0.3 is 15.0 Å². The zero-order chi connectivity index (χ0) is 16.7. The molecule has 126 valence electrons. The van der Waals surface area contributed by atoms with E-state index in [1.165, 1.54) is 0 Å². The molecule has 1 aromatic rings. The molecule has 2 amide bonds. The average Bonchev–Trinajstić information content (AvgIpc) is 2.56. The fourth-order valence-electron chi connectivity index (χ4n) is 3.22. The van der Waals surface area contributed by atoms with Crippen molar-refractivity contribution in [3.63, 3.8) is 0 Å². The number of benzene rings is 1. The molecule has 5 heteroatoms. The average molecular weight is 318 g/mol. The molecule has 1 heterocycles. The topological polar surface area (TPSA) is 58.6 Å². The van der Waals surface area contributed by atoms with Crippen LogP contribution < -0.4 is 5.32 Å². The number of urea groups is 1. The molecular weight excluding hydrogens is 292 g/mol. The molecule has 0 aliphatic carbocycles. The number of amides is 2. The van der Waals surface area contributed by atoms with Crippen molar-refractivity contribution in [3.05, 3.63) is 35.9 Å². The van der Waals surface area contributed by atoms with Gasteiger partial charge in [-0.1, -0.05) is 30.3 Å². The van der Waals surface area contributed by atoms with Gasteiger partial charge in [-0.3, -0.25) is 4.79 Å². The second-order valence-corrected chi connectivity index (χ2v) is 6.02. The van der Waals surface area contributed by atoms with Crippen molar-refractivity contribution < 1.29 is 14.3 Å². The van der Waals surface area contributed by atoms with E-state index in [1.54, 1.807) is 4.90 Å². The van der Waals surface area contributed by atoms with E-state index in [1.807, 2.05) is 44.2 Å². The molecule has 0 bridgehead atoms. The number of carbonyl (C=O) groups is 2. The van der Waals surface area contributed by atoms with Crippen molar-refractivity contribution in [2.45, 2.75) is 33.1 Å². The van der Waals surface area contributed by atoms with Gasteiger partial charge in [-0.15, -0.1) is 0 Å². The van der Waals surface area contributed by atoms with E-state index in [0.29, 0.717) is 32.7 Å². The lowest BCUT2D eigenvalue weighted by atomic mass is 9.75. The van der Waals surface area contributed by atoms with Crippen LogP contribution in [0.1, 0.15) is 32.3 Å². The number of hydrogen-bond donors (Lipinski definition) is 1. The number of ether oxygens (including phenoxy) is 1. The minimum atomic E-state index is -0.652. The highest BCUT2D eigenvalue weighted by Crippen LogP contribution is 2.35. The number of likely N-dealkylation sites (tertiary alicyclic amines) is 1. The summed E-state index contributed by atoms with van der Waals surface area (Å²) in [7, 11) is 0. The molecule has 1 saturated heterocycles. The summed E-state index contributed by atoms with van der Waals surface area (Å²) in [6.07, 6.45) is 2.15. The van der Waals surface area contributed by atoms with Crippen molar-refractivity contribution in [1.82, 2.24) is 10.2 Å². The third-order valence-corrected chi connectivity index (χ3v) is 4.29. The first kappa shape index (κ1) is 17.3. The van der Waals surface area contributed by atoms with E-state index in [4.69, 9.17) is 4.74 Å². The molecule has 23 heavy (non-hydrogen) atoms. The van der Waals surface area contributed by atoms with Crippen molar-refractivity contribution in [3.8, 4) is 0 Å². The molecule has 1 fully saturated rings. The zero-order valence-corrected chi connectivity index (χ0v) is 14.0. The van der Waals surface area contributed by atoms with E-state index in [9.17, 15) is 9.59 Å². The Morgan fingerprint density at radius 3 is 2.65 bits per heavy atom. The monoisotopic (exact) mass is 318 g/mol. The van der Waals surface area contributed by atoms with Crippen LogP contribution in [0.2, 0.25) is 0 Å². The van der Waals surface area contributed by atoms with Gasteiger partial charge >= 0.3 is 12.0 Å². The third kappa shape index (κ3) is 4.24. The summed E-state index contributed by atoms with van der Waals surface area (Å²) in [4.78, 5) is 26.6. The Hall–Kier alpha value is -2.04. The second-order valence-electron chi connectivity index (χ2n) is 6.02. The van der Waals surface area contributed by atoms with Crippen LogP contribution in [0.5, 0.6) is 0 Å². The smallest absolute Gasteiger partial charge is 0.317 e. The maximum atomic E-state index is 12.7. The largest absolute Gasteiger partial charge is 0.466 e. The highest BCUT2D eigenvalue weighted by molar-refractivity contribution is 5.80. The van der Waals surface area contributed by atoms with Gasteiger partial charge in [0.1, 0.15) is 0 Å². The van der Waals surface area contributed by atoms with E-state index in [2.05, 4.69) is 5.32 Å². The summed E-state index contributed by atoms with van der Waals surface area (Å²) < 4.78 is 5.35. The Bertz CT molecular complexity index is 532. The molecule has 1 atom stereocenters. The number of piperidine rings is 1.